The van der Waals surface area contributed by atoms with E-state index in [9.17, 15) is 25.3 Å². The standard InChI is InChI=1S/C8H8O3S.C4H8O3S.C3H6O3S/c9-12(10,11)7-6-8-4-2-1-3-5-8;1-4(2)3-8(5,6)7;1-2-3-7(4,5)6/h1-7H,(H,9,10,11);1,3H2,2H3,(H,5,6,7);2H,1,3H2,(H,4,5,6). The van der Waals surface area contributed by atoms with Gasteiger partial charge in [-0.25, -0.2) is 0 Å². The molecule has 0 radical (unpaired) electrons. The molecule has 0 heterocycles. The van der Waals surface area contributed by atoms with E-state index >= 15 is 0 Å². The Kier molecular flexibility index (Phi) is 12.7. The number of benzene rings is 1. The summed E-state index contributed by atoms with van der Waals surface area (Å²) in [7, 11) is -11.6. The summed E-state index contributed by atoms with van der Waals surface area (Å²) < 4.78 is 84.2. The van der Waals surface area contributed by atoms with Gasteiger partial charge in [0.2, 0.25) is 0 Å². The zero-order chi connectivity index (χ0) is 21.7. The summed E-state index contributed by atoms with van der Waals surface area (Å²) in [6.07, 6.45) is 2.45. The van der Waals surface area contributed by atoms with Crippen LogP contribution in [0.4, 0.5) is 0 Å². The molecule has 154 valence electrons. The average Bonchev–Trinajstić information content (AvgIpc) is 2.43. The molecule has 3 N–H and O–H groups in total. The molecule has 9 nitrogen and oxygen atoms in total. The molecule has 0 spiro atoms. The molecular formula is C15H22O9S3. The first-order valence-corrected chi connectivity index (χ1v) is 11.6. The molecule has 0 unspecified atom stereocenters. The van der Waals surface area contributed by atoms with Gasteiger partial charge in [-0.15, -0.1) is 6.58 Å². The second-order valence-electron chi connectivity index (χ2n) is 4.95. The maximum atomic E-state index is 10.3. The highest BCUT2D eigenvalue weighted by Gasteiger charge is 2.01. The Labute approximate surface area is 160 Å². The van der Waals surface area contributed by atoms with Crippen molar-refractivity contribution in [1.29, 1.82) is 0 Å². The number of rotatable bonds is 6. The summed E-state index contributed by atoms with van der Waals surface area (Å²) in [6, 6.07) is 8.86. The summed E-state index contributed by atoms with van der Waals surface area (Å²) in [5.74, 6) is -0.708. The van der Waals surface area contributed by atoms with E-state index in [1.807, 2.05) is 6.07 Å². The molecule has 0 saturated carbocycles. The van der Waals surface area contributed by atoms with Gasteiger partial charge in [0.1, 0.15) is 0 Å². The van der Waals surface area contributed by atoms with E-state index in [4.69, 9.17) is 13.7 Å². The van der Waals surface area contributed by atoms with Gasteiger partial charge in [-0.2, -0.15) is 25.3 Å². The highest BCUT2D eigenvalue weighted by molar-refractivity contribution is 7.89. The van der Waals surface area contributed by atoms with Crippen molar-refractivity contribution in [3.05, 3.63) is 66.1 Å². The minimum atomic E-state index is -4.00. The largest absolute Gasteiger partial charge is 0.287 e. The Morgan fingerprint density at radius 1 is 0.963 bits per heavy atom. The van der Waals surface area contributed by atoms with E-state index in [-0.39, 0.29) is 11.5 Å². The Morgan fingerprint density at radius 2 is 1.44 bits per heavy atom. The SMILES string of the molecule is C=C(C)CS(=O)(=O)O.C=CCS(=O)(=O)O.O=S(=O)(O)C=Cc1ccccc1. The van der Waals surface area contributed by atoms with Crippen molar-refractivity contribution in [2.75, 3.05) is 11.5 Å². The van der Waals surface area contributed by atoms with Gasteiger partial charge in [0.05, 0.1) is 16.9 Å². The second-order valence-corrected chi connectivity index (χ2v) is 9.20. The van der Waals surface area contributed by atoms with E-state index in [2.05, 4.69) is 13.2 Å². The summed E-state index contributed by atoms with van der Waals surface area (Å²) in [6.45, 7) is 7.94. The average molecular weight is 443 g/mol. The van der Waals surface area contributed by atoms with Gasteiger partial charge >= 0.3 is 0 Å². The van der Waals surface area contributed by atoms with Crippen molar-refractivity contribution in [2.24, 2.45) is 0 Å². The molecule has 0 aliphatic rings. The van der Waals surface area contributed by atoms with Crippen LogP contribution in [0.5, 0.6) is 0 Å². The summed E-state index contributed by atoms with van der Waals surface area (Å²) in [4.78, 5) is 0. The van der Waals surface area contributed by atoms with Crippen molar-refractivity contribution in [3.8, 4) is 0 Å². The monoisotopic (exact) mass is 442 g/mol. The van der Waals surface area contributed by atoms with Crippen molar-refractivity contribution in [2.45, 2.75) is 6.92 Å². The Morgan fingerprint density at radius 3 is 1.67 bits per heavy atom. The maximum Gasteiger partial charge on any atom is 0.287 e. The van der Waals surface area contributed by atoms with Crippen molar-refractivity contribution < 1.29 is 38.9 Å². The molecule has 0 saturated heterocycles. The third-order valence-electron chi connectivity index (χ3n) is 1.99. The quantitative estimate of drug-likeness (QED) is 0.442. The Bertz CT molecular complexity index is 928. The van der Waals surface area contributed by atoms with Gasteiger partial charge in [-0.3, -0.25) is 13.7 Å². The maximum absolute atomic E-state index is 10.3. The second kappa shape index (κ2) is 12.5. The molecule has 0 aromatic heterocycles. The van der Waals surface area contributed by atoms with Gasteiger partial charge in [0.15, 0.2) is 0 Å². The fourth-order valence-electron chi connectivity index (χ4n) is 1.19. The summed E-state index contributed by atoms with van der Waals surface area (Å²) in [5.41, 5.74) is 1.17. The first-order valence-electron chi connectivity index (χ1n) is 6.92. The van der Waals surface area contributed by atoms with Crippen LogP contribution in [0, 0.1) is 0 Å². The lowest BCUT2D eigenvalue weighted by atomic mass is 10.2. The van der Waals surface area contributed by atoms with Crippen LogP contribution < -0.4 is 0 Å². The molecular weight excluding hydrogens is 420 g/mol. The smallest absolute Gasteiger partial charge is 0.285 e. The van der Waals surface area contributed by atoms with Crippen LogP contribution >= 0.6 is 0 Å². The van der Waals surface area contributed by atoms with Crippen molar-refractivity contribution in [3.63, 3.8) is 0 Å². The minimum absolute atomic E-state index is 0.340. The van der Waals surface area contributed by atoms with Gasteiger partial charge in [-0.1, -0.05) is 48.6 Å². The van der Waals surface area contributed by atoms with Crippen LogP contribution in [0.25, 0.3) is 6.08 Å². The molecule has 27 heavy (non-hydrogen) atoms. The lowest BCUT2D eigenvalue weighted by Gasteiger charge is -1.90. The predicted octanol–water partition coefficient (Wildman–Crippen LogP) is 2.06. The molecule has 1 aromatic carbocycles. The van der Waals surface area contributed by atoms with Crippen LogP contribution in [-0.4, -0.2) is 50.4 Å². The topological polar surface area (TPSA) is 163 Å². The fraction of sp³-hybridized carbons (Fsp3) is 0.200. The predicted molar refractivity (Wildman–Crippen MR) is 105 cm³/mol. The lowest BCUT2D eigenvalue weighted by molar-refractivity contribution is 0.484. The van der Waals surface area contributed by atoms with Gasteiger partial charge in [0, 0.05) is 0 Å². The third-order valence-corrected chi connectivity index (χ3v) is 3.98. The van der Waals surface area contributed by atoms with Crippen molar-refractivity contribution in [1.82, 2.24) is 0 Å². The van der Waals surface area contributed by atoms with Crippen LogP contribution in [0.15, 0.2) is 60.5 Å². The van der Waals surface area contributed by atoms with E-state index in [1.165, 1.54) is 13.0 Å². The van der Waals surface area contributed by atoms with Crippen LogP contribution in [0.1, 0.15) is 12.5 Å². The van der Waals surface area contributed by atoms with Crippen LogP contribution in [0.2, 0.25) is 0 Å². The van der Waals surface area contributed by atoms with E-state index in [0.717, 1.165) is 17.0 Å². The normalized spacial score (nSPS) is 11.6. The molecule has 0 atom stereocenters. The van der Waals surface area contributed by atoms with Gasteiger partial charge < -0.3 is 0 Å². The van der Waals surface area contributed by atoms with Crippen LogP contribution in [-0.2, 0) is 30.4 Å². The van der Waals surface area contributed by atoms with E-state index in [0.29, 0.717) is 5.57 Å². The fourth-order valence-corrected chi connectivity index (χ4v) is 2.44. The summed E-state index contributed by atoms with van der Waals surface area (Å²) in [5, 5.41) is 0.752. The Balaban J connectivity index is 0. The third kappa shape index (κ3) is 26.5. The molecule has 0 fully saturated rings. The minimum Gasteiger partial charge on any atom is -0.285 e. The zero-order valence-electron chi connectivity index (χ0n) is 14.5. The molecule has 0 amide bonds. The molecule has 12 heteroatoms. The zero-order valence-corrected chi connectivity index (χ0v) is 16.9. The lowest BCUT2D eigenvalue weighted by Crippen LogP contribution is -2.03. The van der Waals surface area contributed by atoms with Gasteiger partial charge in [0.25, 0.3) is 30.4 Å². The molecule has 0 bridgehead atoms. The Hall–Kier alpha value is -1.83. The first kappa shape index (κ1) is 27.4. The highest BCUT2D eigenvalue weighted by atomic mass is 32.2. The molecule has 0 aliphatic heterocycles. The number of hydrogen-bond acceptors (Lipinski definition) is 6. The highest BCUT2D eigenvalue weighted by Crippen LogP contribution is 2.01. The van der Waals surface area contributed by atoms with Crippen molar-refractivity contribution >= 4 is 36.4 Å². The van der Waals surface area contributed by atoms with Gasteiger partial charge in [-0.05, 0) is 18.6 Å². The van der Waals surface area contributed by atoms with Crippen LogP contribution in [0.3, 0.4) is 0 Å². The molecule has 1 rings (SSSR count). The van der Waals surface area contributed by atoms with E-state index < -0.39 is 30.4 Å². The first-order chi connectivity index (χ1) is 12.1. The summed E-state index contributed by atoms with van der Waals surface area (Å²) >= 11 is 0. The number of hydrogen-bond donors (Lipinski definition) is 3. The molecule has 0 aliphatic carbocycles. The van der Waals surface area contributed by atoms with E-state index in [1.54, 1.807) is 24.3 Å². The molecule has 1 aromatic rings.